The van der Waals surface area contributed by atoms with Crippen molar-refractivity contribution in [3.8, 4) is 0 Å². The van der Waals surface area contributed by atoms with E-state index in [9.17, 15) is 4.79 Å². The summed E-state index contributed by atoms with van der Waals surface area (Å²) in [6, 6.07) is 12.6. The lowest BCUT2D eigenvalue weighted by atomic mass is 10.0. The minimum atomic E-state index is -0.0766. The molecule has 0 aliphatic heterocycles. The average molecular weight is 308 g/mol. The van der Waals surface area contributed by atoms with E-state index in [1.54, 1.807) is 24.3 Å². The molecule has 0 atom stereocenters. The van der Waals surface area contributed by atoms with E-state index in [1.165, 1.54) is 0 Å². The second kappa shape index (κ2) is 6.29. The summed E-state index contributed by atoms with van der Waals surface area (Å²) in [5.41, 5.74) is 1.85. The van der Waals surface area contributed by atoms with Crippen LogP contribution in [0.25, 0.3) is 0 Å². The zero-order chi connectivity index (χ0) is 14.7. The SMILES string of the molecule is CC(C)Nc1cc(Cl)c(Cl)cc1C(=O)c1ccccc1. The summed E-state index contributed by atoms with van der Waals surface area (Å²) >= 11 is 12.1. The van der Waals surface area contributed by atoms with Crippen molar-refractivity contribution in [2.75, 3.05) is 5.32 Å². The van der Waals surface area contributed by atoms with Gasteiger partial charge in [0.2, 0.25) is 0 Å². The smallest absolute Gasteiger partial charge is 0.195 e. The van der Waals surface area contributed by atoms with Crippen molar-refractivity contribution >= 4 is 34.7 Å². The highest BCUT2D eigenvalue weighted by Gasteiger charge is 2.16. The number of carbonyl (C=O) groups is 1. The van der Waals surface area contributed by atoms with Gasteiger partial charge in [0.1, 0.15) is 0 Å². The molecule has 0 amide bonds. The third-order valence-corrected chi connectivity index (χ3v) is 3.51. The Bertz CT molecular complexity index is 624. The molecule has 2 aromatic carbocycles. The van der Waals surface area contributed by atoms with Gasteiger partial charge in [-0.3, -0.25) is 4.79 Å². The number of benzene rings is 2. The van der Waals surface area contributed by atoms with Gasteiger partial charge in [-0.2, -0.15) is 0 Å². The van der Waals surface area contributed by atoms with Gasteiger partial charge in [-0.25, -0.2) is 0 Å². The highest BCUT2D eigenvalue weighted by atomic mass is 35.5. The molecule has 0 bridgehead atoms. The van der Waals surface area contributed by atoms with Crippen LogP contribution in [0.3, 0.4) is 0 Å². The molecule has 2 rings (SSSR count). The highest BCUT2D eigenvalue weighted by molar-refractivity contribution is 6.42. The number of hydrogen-bond acceptors (Lipinski definition) is 2. The lowest BCUT2D eigenvalue weighted by molar-refractivity contribution is 0.103. The van der Waals surface area contributed by atoms with Crippen LogP contribution in [0, 0.1) is 0 Å². The molecule has 0 saturated heterocycles. The van der Waals surface area contributed by atoms with E-state index in [0.29, 0.717) is 26.9 Å². The Kier molecular flexibility index (Phi) is 4.69. The van der Waals surface area contributed by atoms with Crippen molar-refractivity contribution in [2.45, 2.75) is 19.9 Å². The van der Waals surface area contributed by atoms with Crippen molar-refractivity contribution in [2.24, 2.45) is 0 Å². The standard InChI is InChI=1S/C16H15Cl2NO/c1-10(2)19-15-9-14(18)13(17)8-12(15)16(20)11-6-4-3-5-7-11/h3-10,19H,1-2H3. The van der Waals surface area contributed by atoms with Crippen LogP contribution in [0.5, 0.6) is 0 Å². The van der Waals surface area contributed by atoms with E-state index in [1.807, 2.05) is 32.0 Å². The van der Waals surface area contributed by atoms with E-state index in [2.05, 4.69) is 5.32 Å². The van der Waals surface area contributed by atoms with E-state index >= 15 is 0 Å². The summed E-state index contributed by atoms with van der Waals surface area (Å²) < 4.78 is 0. The average Bonchev–Trinajstić information content (AvgIpc) is 2.42. The Hall–Kier alpha value is -1.51. The Labute approximate surface area is 128 Å². The Morgan fingerprint density at radius 3 is 2.25 bits per heavy atom. The molecule has 2 aromatic rings. The van der Waals surface area contributed by atoms with Crippen molar-refractivity contribution in [1.29, 1.82) is 0 Å². The van der Waals surface area contributed by atoms with E-state index in [4.69, 9.17) is 23.2 Å². The first-order chi connectivity index (χ1) is 9.49. The fourth-order valence-electron chi connectivity index (χ4n) is 1.91. The van der Waals surface area contributed by atoms with Gasteiger partial charge in [0, 0.05) is 22.9 Å². The third-order valence-electron chi connectivity index (χ3n) is 2.79. The zero-order valence-electron chi connectivity index (χ0n) is 11.3. The molecule has 0 unspecified atom stereocenters. The summed E-state index contributed by atoms with van der Waals surface area (Å²) in [4.78, 5) is 12.6. The Balaban J connectivity index is 2.49. The second-order valence-corrected chi connectivity index (χ2v) is 5.62. The fourth-order valence-corrected chi connectivity index (χ4v) is 2.24. The number of ketones is 1. The molecule has 4 heteroatoms. The molecule has 0 aromatic heterocycles. The van der Waals surface area contributed by atoms with Gasteiger partial charge < -0.3 is 5.32 Å². The van der Waals surface area contributed by atoms with Crippen molar-refractivity contribution < 1.29 is 4.79 Å². The van der Waals surface area contributed by atoms with Crippen LogP contribution in [0.15, 0.2) is 42.5 Å². The van der Waals surface area contributed by atoms with Gasteiger partial charge in [-0.1, -0.05) is 53.5 Å². The first-order valence-corrected chi connectivity index (χ1v) is 7.10. The number of anilines is 1. The molecule has 0 saturated carbocycles. The normalized spacial score (nSPS) is 10.7. The molecule has 0 radical (unpaired) electrons. The maximum absolute atomic E-state index is 12.6. The summed E-state index contributed by atoms with van der Waals surface area (Å²) in [7, 11) is 0. The fraction of sp³-hybridized carbons (Fsp3) is 0.188. The molecule has 0 fully saturated rings. The summed E-state index contributed by atoms with van der Waals surface area (Å²) in [5.74, 6) is -0.0766. The van der Waals surface area contributed by atoms with Crippen LogP contribution in [0.4, 0.5) is 5.69 Å². The number of nitrogens with one attached hydrogen (secondary N) is 1. The lowest BCUT2D eigenvalue weighted by Crippen LogP contribution is -2.14. The number of hydrogen-bond donors (Lipinski definition) is 1. The highest BCUT2D eigenvalue weighted by Crippen LogP contribution is 2.31. The minimum Gasteiger partial charge on any atom is -0.382 e. The topological polar surface area (TPSA) is 29.1 Å². The molecule has 20 heavy (non-hydrogen) atoms. The van der Waals surface area contributed by atoms with Gasteiger partial charge in [0.25, 0.3) is 0 Å². The van der Waals surface area contributed by atoms with Crippen LogP contribution in [0.1, 0.15) is 29.8 Å². The van der Waals surface area contributed by atoms with E-state index in [-0.39, 0.29) is 11.8 Å². The number of carbonyl (C=O) groups excluding carboxylic acids is 1. The van der Waals surface area contributed by atoms with Crippen LogP contribution in [0.2, 0.25) is 10.0 Å². The first-order valence-electron chi connectivity index (χ1n) is 6.34. The van der Waals surface area contributed by atoms with Crippen molar-refractivity contribution in [3.63, 3.8) is 0 Å². The van der Waals surface area contributed by atoms with Crippen LogP contribution in [-0.4, -0.2) is 11.8 Å². The maximum atomic E-state index is 12.6. The predicted molar refractivity (Wildman–Crippen MR) is 85.1 cm³/mol. The van der Waals surface area contributed by atoms with Crippen LogP contribution in [-0.2, 0) is 0 Å². The lowest BCUT2D eigenvalue weighted by Gasteiger charge is -2.15. The van der Waals surface area contributed by atoms with Crippen LogP contribution >= 0.6 is 23.2 Å². The van der Waals surface area contributed by atoms with Gasteiger partial charge in [-0.15, -0.1) is 0 Å². The van der Waals surface area contributed by atoms with E-state index < -0.39 is 0 Å². The van der Waals surface area contributed by atoms with Gasteiger partial charge in [0.15, 0.2) is 5.78 Å². The Morgan fingerprint density at radius 1 is 1.05 bits per heavy atom. The molecular formula is C16H15Cl2NO. The van der Waals surface area contributed by atoms with Crippen molar-refractivity contribution in [1.82, 2.24) is 0 Å². The quantitative estimate of drug-likeness (QED) is 0.801. The molecule has 1 N–H and O–H groups in total. The maximum Gasteiger partial charge on any atom is 0.195 e. The molecular weight excluding hydrogens is 293 g/mol. The predicted octanol–water partition coefficient (Wildman–Crippen LogP) is 5.04. The molecule has 104 valence electrons. The molecule has 0 heterocycles. The third kappa shape index (κ3) is 3.33. The number of halogens is 2. The van der Waals surface area contributed by atoms with E-state index in [0.717, 1.165) is 0 Å². The first kappa shape index (κ1) is 14.9. The van der Waals surface area contributed by atoms with Gasteiger partial charge in [0.05, 0.1) is 10.0 Å². The summed E-state index contributed by atoms with van der Waals surface area (Å²) in [6.45, 7) is 4.00. The van der Waals surface area contributed by atoms with Gasteiger partial charge in [-0.05, 0) is 26.0 Å². The zero-order valence-corrected chi connectivity index (χ0v) is 12.8. The second-order valence-electron chi connectivity index (χ2n) is 4.81. The molecule has 0 aliphatic rings. The monoisotopic (exact) mass is 307 g/mol. The largest absolute Gasteiger partial charge is 0.382 e. The Morgan fingerprint density at radius 2 is 1.65 bits per heavy atom. The molecule has 0 spiro atoms. The summed E-state index contributed by atoms with van der Waals surface area (Å²) in [5, 5.41) is 4.03. The molecule has 2 nitrogen and oxygen atoms in total. The van der Waals surface area contributed by atoms with Crippen LogP contribution < -0.4 is 5.32 Å². The number of rotatable bonds is 4. The summed E-state index contributed by atoms with van der Waals surface area (Å²) in [6.07, 6.45) is 0. The van der Waals surface area contributed by atoms with Crippen molar-refractivity contribution in [3.05, 3.63) is 63.6 Å². The molecule has 0 aliphatic carbocycles. The minimum absolute atomic E-state index is 0.0766. The van der Waals surface area contributed by atoms with Gasteiger partial charge >= 0.3 is 0 Å².